The molecule has 23 heavy (non-hydrogen) atoms. The molecular weight excluding hydrogens is 326 g/mol. The first kappa shape index (κ1) is 17.4. The summed E-state index contributed by atoms with van der Waals surface area (Å²) >= 11 is 0. The highest BCUT2D eigenvalue weighted by Gasteiger charge is 2.60. The van der Waals surface area contributed by atoms with Gasteiger partial charge in [-0.05, 0) is 6.42 Å². The van der Waals surface area contributed by atoms with Gasteiger partial charge in [-0.1, -0.05) is 6.92 Å². The van der Waals surface area contributed by atoms with Gasteiger partial charge in [-0.15, -0.1) is 0 Å². The number of allylic oxidation sites excluding steroid dienone is 1. The van der Waals surface area contributed by atoms with Gasteiger partial charge >= 0.3 is 12.1 Å². The van der Waals surface area contributed by atoms with Crippen LogP contribution in [0.2, 0.25) is 0 Å². The molecule has 1 aromatic rings. The maximum absolute atomic E-state index is 13.4. The zero-order valence-corrected chi connectivity index (χ0v) is 12.0. The topological polar surface area (TPSA) is 67.7 Å². The number of hydrogen-bond donors (Lipinski definition) is 2. The van der Waals surface area contributed by atoms with E-state index in [0.29, 0.717) is 5.69 Å². The molecule has 4 nitrogen and oxygen atoms in total. The maximum Gasteiger partial charge on any atom is 0.453 e. The van der Waals surface area contributed by atoms with Crippen molar-refractivity contribution in [1.82, 2.24) is 9.55 Å². The van der Waals surface area contributed by atoms with E-state index in [1.54, 1.807) is 0 Å². The van der Waals surface area contributed by atoms with Crippen LogP contribution < -0.4 is 5.73 Å². The monoisotopic (exact) mass is 340 g/mol. The Hall–Kier alpha value is -2.00. The van der Waals surface area contributed by atoms with Crippen molar-refractivity contribution in [2.45, 2.75) is 38.3 Å². The van der Waals surface area contributed by atoms with Crippen LogP contribution in [0.4, 0.5) is 26.3 Å². The lowest BCUT2D eigenvalue weighted by Crippen LogP contribution is -2.43. The first-order valence-corrected chi connectivity index (χ1v) is 6.70. The molecule has 1 atom stereocenters. The number of hydrogen-bond acceptors (Lipinski definition) is 2. The Labute approximate surface area is 127 Å². The molecule has 0 spiro atoms. The number of rotatable bonds is 4. The zero-order chi connectivity index (χ0) is 17.6. The van der Waals surface area contributed by atoms with Gasteiger partial charge in [0.2, 0.25) is 0 Å². The van der Waals surface area contributed by atoms with E-state index in [0.717, 1.165) is 17.7 Å². The fraction of sp³-hybridized carbons (Fsp3) is 0.538. The molecule has 0 saturated carbocycles. The molecular formula is C13H14F6N4. The second-order valence-electron chi connectivity index (χ2n) is 5.41. The first-order valence-electron chi connectivity index (χ1n) is 6.70. The number of aromatic nitrogens is 2. The van der Waals surface area contributed by atoms with Crippen LogP contribution in [0, 0.1) is 11.3 Å². The van der Waals surface area contributed by atoms with Crippen molar-refractivity contribution in [3.63, 3.8) is 0 Å². The summed E-state index contributed by atoms with van der Waals surface area (Å²) in [6.07, 6.45) is -5.29. The molecule has 0 bridgehead atoms. The molecule has 0 saturated heterocycles. The number of halogens is 6. The summed E-state index contributed by atoms with van der Waals surface area (Å²) in [5.41, 5.74) is 5.64. The van der Waals surface area contributed by atoms with Crippen LogP contribution >= 0.6 is 0 Å². The molecule has 1 aliphatic heterocycles. The third-order valence-corrected chi connectivity index (χ3v) is 3.69. The van der Waals surface area contributed by atoms with Crippen molar-refractivity contribution in [1.29, 1.82) is 5.41 Å². The molecule has 1 aromatic heterocycles. The Balaban J connectivity index is 2.40. The average molecular weight is 340 g/mol. The number of fused-ring (bicyclic) bond motifs is 1. The Bertz CT molecular complexity index is 658. The molecule has 2 heterocycles. The highest BCUT2D eigenvalue weighted by molar-refractivity contribution is 5.94. The number of nitrogens with one attached hydrogen (secondary N) is 1. The summed E-state index contributed by atoms with van der Waals surface area (Å²) in [4.78, 5) is 3.86. The lowest BCUT2D eigenvalue weighted by atomic mass is 9.99. The number of amidine groups is 1. The molecule has 0 aliphatic carbocycles. The normalized spacial score (nSPS) is 16.7. The van der Waals surface area contributed by atoms with E-state index < -0.39 is 36.1 Å². The lowest BCUT2D eigenvalue weighted by molar-refractivity contribution is -0.300. The van der Waals surface area contributed by atoms with Crippen LogP contribution in [-0.4, -0.2) is 27.5 Å². The number of nitrogens with two attached hydrogens (primary N) is 1. The van der Waals surface area contributed by atoms with E-state index >= 15 is 0 Å². The van der Waals surface area contributed by atoms with Gasteiger partial charge in [-0.3, -0.25) is 5.41 Å². The fourth-order valence-corrected chi connectivity index (χ4v) is 2.39. The van der Waals surface area contributed by atoms with Gasteiger partial charge in [0.15, 0.2) is 0 Å². The van der Waals surface area contributed by atoms with E-state index in [-0.39, 0.29) is 24.4 Å². The van der Waals surface area contributed by atoms with Gasteiger partial charge < -0.3 is 10.3 Å². The van der Waals surface area contributed by atoms with Crippen LogP contribution in [-0.2, 0) is 12.8 Å². The Morgan fingerprint density at radius 2 is 1.96 bits per heavy atom. The Morgan fingerprint density at radius 1 is 1.35 bits per heavy atom. The van der Waals surface area contributed by atoms with E-state index in [1.165, 1.54) is 0 Å². The first-order chi connectivity index (χ1) is 10.4. The maximum atomic E-state index is 13.4. The minimum absolute atomic E-state index is 0.0220. The Kier molecular flexibility index (Phi) is 4.20. The summed E-state index contributed by atoms with van der Waals surface area (Å²) in [6, 6.07) is 0. The molecule has 3 N–H and O–H groups in total. The zero-order valence-electron chi connectivity index (χ0n) is 12.0. The fourth-order valence-electron chi connectivity index (χ4n) is 2.39. The quantitative estimate of drug-likeness (QED) is 0.502. The van der Waals surface area contributed by atoms with E-state index in [9.17, 15) is 26.3 Å². The van der Waals surface area contributed by atoms with Crippen molar-refractivity contribution in [3.8, 4) is 0 Å². The van der Waals surface area contributed by atoms with Gasteiger partial charge in [0, 0.05) is 25.0 Å². The molecule has 128 valence electrons. The van der Waals surface area contributed by atoms with Crippen LogP contribution in [0.25, 0.3) is 6.20 Å². The SMILES string of the molecule is CC(Cc1nc(C(=N)N)c2n1C=C(F)CC2)C(F)(F)C(F)(F)F. The highest BCUT2D eigenvalue weighted by Crippen LogP contribution is 2.42. The van der Waals surface area contributed by atoms with Gasteiger partial charge in [0.25, 0.3) is 0 Å². The number of nitrogen functional groups attached to an aromatic ring is 1. The van der Waals surface area contributed by atoms with E-state index in [2.05, 4.69) is 4.98 Å². The van der Waals surface area contributed by atoms with E-state index in [4.69, 9.17) is 11.1 Å². The van der Waals surface area contributed by atoms with Crippen LogP contribution in [0.3, 0.4) is 0 Å². The second kappa shape index (κ2) is 5.57. The van der Waals surface area contributed by atoms with Crippen LogP contribution in [0.15, 0.2) is 5.83 Å². The summed E-state index contributed by atoms with van der Waals surface area (Å²) in [7, 11) is 0. The summed E-state index contributed by atoms with van der Waals surface area (Å²) in [5.74, 6) is -8.21. The molecule has 1 aliphatic rings. The minimum atomic E-state index is -5.69. The molecule has 0 fully saturated rings. The van der Waals surface area contributed by atoms with Crippen LogP contribution in [0.5, 0.6) is 0 Å². The Morgan fingerprint density at radius 3 is 2.48 bits per heavy atom. The predicted molar refractivity (Wildman–Crippen MR) is 70.8 cm³/mol. The summed E-state index contributed by atoms with van der Waals surface area (Å²) in [6.45, 7) is 0.742. The molecule has 0 radical (unpaired) electrons. The van der Waals surface area contributed by atoms with Crippen LogP contribution in [0.1, 0.15) is 30.6 Å². The molecule has 0 aromatic carbocycles. The number of nitrogens with zero attached hydrogens (tertiary/aromatic N) is 2. The molecule has 0 amide bonds. The summed E-state index contributed by atoms with van der Waals surface area (Å²) < 4.78 is 78.5. The standard InChI is InChI=1S/C13H14F6N4/c1-6(12(15,16)13(17,18)19)4-9-22-10(11(20)21)8-3-2-7(14)5-23(8)9/h5-6H,2-4H2,1H3,(H3,20,21). The lowest BCUT2D eigenvalue weighted by Gasteiger charge is -2.25. The van der Waals surface area contributed by atoms with Crippen molar-refractivity contribution < 1.29 is 26.3 Å². The largest absolute Gasteiger partial charge is 0.453 e. The molecule has 10 heteroatoms. The van der Waals surface area contributed by atoms with Gasteiger partial charge in [0.1, 0.15) is 23.2 Å². The predicted octanol–water partition coefficient (Wildman–Crippen LogP) is 3.26. The van der Waals surface area contributed by atoms with Gasteiger partial charge in [0.05, 0.1) is 5.69 Å². The third kappa shape index (κ3) is 3.06. The van der Waals surface area contributed by atoms with Gasteiger partial charge in [-0.2, -0.15) is 22.0 Å². The smallest absolute Gasteiger partial charge is 0.382 e. The second-order valence-corrected chi connectivity index (χ2v) is 5.41. The average Bonchev–Trinajstić information content (AvgIpc) is 2.75. The van der Waals surface area contributed by atoms with Crippen molar-refractivity contribution in [2.75, 3.05) is 0 Å². The number of imidazole rings is 1. The van der Waals surface area contributed by atoms with E-state index in [1.807, 2.05) is 0 Å². The van der Waals surface area contributed by atoms with Gasteiger partial charge in [-0.25, -0.2) is 9.37 Å². The third-order valence-electron chi connectivity index (χ3n) is 3.69. The number of alkyl halides is 5. The highest BCUT2D eigenvalue weighted by atomic mass is 19.4. The minimum Gasteiger partial charge on any atom is -0.382 e. The van der Waals surface area contributed by atoms with Crippen molar-refractivity contribution in [3.05, 3.63) is 23.0 Å². The molecule has 1 unspecified atom stereocenters. The van der Waals surface area contributed by atoms with Crippen molar-refractivity contribution >= 4 is 12.0 Å². The van der Waals surface area contributed by atoms with Crippen molar-refractivity contribution in [2.24, 2.45) is 11.7 Å². The molecule has 2 rings (SSSR count). The summed E-state index contributed by atoms with van der Waals surface area (Å²) in [5, 5.41) is 7.40.